The number of hydrogen-bond acceptors (Lipinski definition) is 6. The number of carbonyl (C=O) groups is 2. The molecular formula is C21H29N3O4S. The van der Waals surface area contributed by atoms with Crippen molar-refractivity contribution in [1.29, 1.82) is 0 Å². The molecule has 0 saturated carbocycles. The molecule has 7 nitrogen and oxygen atoms in total. The van der Waals surface area contributed by atoms with Crippen molar-refractivity contribution in [3.63, 3.8) is 0 Å². The molecule has 2 atom stereocenters. The summed E-state index contributed by atoms with van der Waals surface area (Å²) in [5.41, 5.74) is 1.59. The van der Waals surface area contributed by atoms with Gasteiger partial charge < -0.3 is 19.6 Å². The van der Waals surface area contributed by atoms with Crippen molar-refractivity contribution in [1.82, 2.24) is 9.80 Å². The van der Waals surface area contributed by atoms with Crippen molar-refractivity contribution in [3.8, 4) is 5.75 Å². The van der Waals surface area contributed by atoms with Crippen LogP contribution in [0.2, 0.25) is 0 Å². The summed E-state index contributed by atoms with van der Waals surface area (Å²) in [5, 5.41) is 9.77. The first-order chi connectivity index (χ1) is 13.7. The minimum absolute atomic E-state index is 0.0217. The molecule has 0 aliphatic carbocycles. The molecule has 1 aromatic rings. The first kappa shape index (κ1) is 20.2. The van der Waals surface area contributed by atoms with Gasteiger partial charge >= 0.3 is 6.09 Å². The van der Waals surface area contributed by atoms with Gasteiger partial charge in [0.05, 0.1) is 5.88 Å². The van der Waals surface area contributed by atoms with Crippen LogP contribution in [0, 0.1) is 0 Å². The van der Waals surface area contributed by atoms with Gasteiger partial charge in [0.2, 0.25) is 5.91 Å². The zero-order valence-corrected chi connectivity index (χ0v) is 18.1. The van der Waals surface area contributed by atoms with Gasteiger partial charge in [0.1, 0.15) is 17.4 Å². The standard InChI is InChI=1S/C21H29N3O4S/c1-21(2,3)28-20(27)24-12-15(11-18(24)19(26)22-8-9-29-13-22)23-7-6-14-10-16(25)4-5-17(14)23/h4-5,10,15,18,25H,6-9,11-13H2,1-3H3/t15-,18-/m0/s1. The van der Waals surface area contributed by atoms with Gasteiger partial charge in [-0.2, -0.15) is 0 Å². The summed E-state index contributed by atoms with van der Waals surface area (Å²) in [4.78, 5) is 31.9. The van der Waals surface area contributed by atoms with Crippen LogP contribution < -0.4 is 4.90 Å². The predicted molar refractivity (Wildman–Crippen MR) is 113 cm³/mol. The molecular weight excluding hydrogens is 390 g/mol. The number of benzene rings is 1. The number of ether oxygens (including phenoxy) is 1. The summed E-state index contributed by atoms with van der Waals surface area (Å²) in [6.45, 7) is 7.55. The smallest absolute Gasteiger partial charge is 0.411 e. The molecule has 1 N–H and O–H groups in total. The van der Waals surface area contributed by atoms with E-state index in [1.807, 2.05) is 31.7 Å². The first-order valence-corrected chi connectivity index (χ1v) is 11.3. The van der Waals surface area contributed by atoms with E-state index in [1.165, 1.54) is 0 Å². The van der Waals surface area contributed by atoms with Crippen LogP contribution in [0.4, 0.5) is 10.5 Å². The summed E-state index contributed by atoms with van der Waals surface area (Å²) in [7, 11) is 0. The Morgan fingerprint density at radius 3 is 2.72 bits per heavy atom. The maximum Gasteiger partial charge on any atom is 0.411 e. The number of phenols is 1. The molecule has 8 heteroatoms. The summed E-state index contributed by atoms with van der Waals surface area (Å²) in [6, 6.07) is 5.00. The van der Waals surface area contributed by atoms with E-state index in [0.717, 1.165) is 36.5 Å². The van der Waals surface area contributed by atoms with Crippen LogP contribution in [0.1, 0.15) is 32.8 Å². The number of likely N-dealkylation sites (tertiary alicyclic amines) is 1. The number of nitrogens with zero attached hydrogens (tertiary/aromatic N) is 3. The zero-order chi connectivity index (χ0) is 20.8. The fraction of sp³-hybridized carbons (Fsp3) is 0.619. The maximum absolute atomic E-state index is 13.2. The Balaban J connectivity index is 1.56. The lowest BCUT2D eigenvalue weighted by Gasteiger charge is -2.30. The molecule has 2 amide bonds. The molecule has 4 rings (SSSR count). The van der Waals surface area contributed by atoms with Gasteiger partial charge in [-0.3, -0.25) is 9.69 Å². The third-order valence-corrected chi connectivity index (χ3v) is 6.66. The lowest BCUT2D eigenvalue weighted by molar-refractivity contribution is -0.134. The van der Waals surface area contributed by atoms with Gasteiger partial charge in [0.25, 0.3) is 0 Å². The fourth-order valence-corrected chi connectivity index (χ4v) is 5.34. The SMILES string of the molecule is CC(C)(C)OC(=O)N1C[C@@H](N2CCc3cc(O)ccc32)C[C@H]1C(=O)N1CCSC1. The van der Waals surface area contributed by atoms with E-state index in [4.69, 9.17) is 4.74 Å². The molecule has 0 radical (unpaired) electrons. The summed E-state index contributed by atoms with van der Waals surface area (Å²) in [6.07, 6.45) is 1.03. The fourth-order valence-electron chi connectivity index (χ4n) is 4.39. The number of anilines is 1. The molecule has 3 aliphatic heterocycles. The Hall–Kier alpha value is -2.09. The van der Waals surface area contributed by atoms with Crippen molar-refractivity contribution in [2.45, 2.75) is 51.3 Å². The minimum atomic E-state index is -0.607. The Morgan fingerprint density at radius 2 is 2.03 bits per heavy atom. The van der Waals surface area contributed by atoms with Crippen LogP contribution in [0.15, 0.2) is 18.2 Å². The topological polar surface area (TPSA) is 73.3 Å². The molecule has 0 spiro atoms. The van der Waals surface area contributed by atoms with Crippen LogP contribution in [-0.4, -0.2) is 75.9 Å². The number of carbonyl (C=O) groups excluding carboxylic acids is 2. The summed E-state index contributed by atoms with van der Waals surface area (Å²) in [5.74, 6) is 1.92. The minimum Gasteiger partial charge on any atom is -0.508 e. The number of phenolic OH excluding ortho intramolecular Hbond substituents is 1. The Labute approximate surface area is 176 Å². The van der Waals surface area contributed by atoms with E-state index in [1.54, 1.807) is 28.8 Å². The molecule has 1 aromatic carbocycles. The maximum atomic E-state index is 13.2. The number of aromatic hydroxyl groups is 1. The van der Waals surface area contributed by atoms with Crippen LogP contribution in [-0.2, 0) is 16.0 Å². The van der Waals surface area contributed by atoms with Crippen molar-refractivity contribution in [3.05, 3.63) is 23.8 Å². The summed E-state index contributed by atoms with van der Waals surface area (Å²) < 4.78 is 5.62. The van der Waals surface area contributed by atoms with E-state index in [2.05, 4.69) is 4.90 Å². The molecule has 0 aromatic heterocycles. The normalized spacial score (nSPS) is 24.2. The van der Waals surface area contributed by atoms with Gasteiger partial charge in [-0.1, -0.05) is 0 Å². The van der Waals surface area contributed by atoms with Crippen molar-refractivity contribution in [2.24, 2.45) is 0 Å². The van der Waals surface area contributed by atoms with Crippen LogP contribution in [0.3, 0.4) is 0 Å². The Morgan fingerprint density at radius 1 is 1.24 bits per heavy atom. The highest BCUT2D eigenvalue weighted by Gasteiger charge is 2.46. The lowest BCUT2D eigenvalue weighted by atomic mass is 10.1. The van der Waals surface area contributed by atoms with Crippen LogP contribution in [0.25, 0.3) is 0 Å². The Bertz CT molecular complexity index is 804. The van der Waals surface area contributed by atoms with Gasteiger partial charge in [-0.15, -0.1) is 11.8 Å². The average molecular weight is 420 g/mol. The van der Waals surface area contributed by atoms with Gasteiger partial charge in [-0.05, 0) is 57.4 Å². The van der Waals surface area contributed by atoms with E-state index in [-0.39, 0.29) is 17.7 Å². The molecule has 2 fully saturated rings. The predicted octanol–water partition coefficient (Wildman–Crippen LogP) is 2.67. The second-order valence-corrected chi connectivity index (χ2v) is 10.0. The van der Waals surface area contributed by atoms with E-state index in [9.17, 15) is 14.7 Å². The second kappa shape index (κ2) is 7.63. The molecule has 3 aliphatic rings. The monoisotopic (exact) mass is 419 g/mol. The second-order valence-electron chi connectivity index (χ2n) is 8.93. The Kier molecular flexibility index (Phi) is 5.31. The number of rotatable bonds is 2. The van der Waals surface area contributed by atoms with Gasteiger partial charge in [0, 0.05) is 37.1 Å². The third-order valence-electron chi connectivity index (χ3n) is 5.69. The number of hydrogen-bond donors (Lipinski definition) is 1. The molecule has 158 valence electrons. The molecule has 0 bridgehead atoms. The highest BCUT2D eigenvalue weighted by Crippen LogP contribution is 2.36. The molecule has 2 saturated heterocycles. The zero-order valence-electron chi connectivity index (χ0n) is 17.3. The van der Waals surface area contributed by atoms with E-state index in [0.29, 0.717) is 18.8 Å². The van der Waals surface area contributed by atoms with E-state index < -0.39 is 17.7 Å². The van der Waals surface area contributed by atoms with Gasteiger partial charge in [-0.25, -0.2) is 4.79 Å². The largest absolute Gasteiger partial charge is 0.508 e. The number of thioether (sulfide) groups is 1. The summed E-state index contributed by atoms with van der Waals surface area (Å²) >= 11 is 1.74. The van der Waals surface area contributed by atoms with Gasteiger partial charge in [0.15, 0.2) is 0 Å². The third kappa shape index (κ3) is 4.13. The lowest BCUT2D eigenvalue weighted by Crippen LogP contribution is -2.48. The highest BCUT2D eigenvalue weighted by atomic mass is 32.2. The van der Waals surface area contributed by atoms with Crippen molar-refractivity contribution in [2.75, 3.05) is 36.2 Å². The number of amides is 2. The number of fused-ring (bicyclic) bond motifs is 1. The van der Waals surface area contributed by atoms with Crippen molar-refractivity contribution >= 4 is 29.4 Å². The average Bonchev–Trinajstić information content (AvgIpc) is 3.37. The molecule has 0 unspecified atom stereocenters. The quantitative estimate of drug-likeness (QED) is 0.795. The van der Waals surface area contributed by atoms with E-state index >= 15 is 0 Å². The first-order valence-electron chi connectivity index (χ1n) is 10.2. The van der Waals surface area contributed by atoms with Crippen LogP contribution >= 0.6 is 11.8 Å². The molecule has 3 heterocycles. The highest BCUT2D eigenvalue weighted by molar-refractivity contribution is 7.99. The molecule has 29 heavy (non-hydrogen) atoms. The van der Waals surface area contributed by atoms with Crippen molar-refractivity contribution < 1.29 is 19.4 Å². The van der Waals surface area contributed by atoms with Crippen LogP contribution in [0.5, 0.6) is 5.75 Å².